The molecule has 1 fully saturated rings. The molecule has 6 nitrogen and oxygen atoms in total. The van der Waals surface area contributed by atoms with Crippen LogP contribution in [-0.4, -0.2) is 37.9 Å². The van der Waals surface area contributed by atoms with E-state index in [1.807, 2.05) is 35.9 Å². The van der Waals surface area contributed by atoms with Crippen LogP contribution < -0.4 is 5.46 Å². The lowest BCUT2D eigenvalue weighted by Gasteiger charge is -2.32. The van der Waals surface area contributed by atoms with E-state index in [-0.39, 0.29) is 18.3 Å². The minimum Gasteiger partial charge on any atom is -0.399 e. The molecule has 1 aliphatic rings. The SMILES string of the molecule is CCc1nn(C)cc1B1OC(C)(C)C(C)(C)O1.CCc1nn(C)cc1Br. The zero-order valence-corrected chi connectivity index (χ0v) is 18.7. The maximum atomic E-state index is 6.03. The zero-order chi connectivity index (χ0) is 19.7. The molecule has 0 unspecified atom stereocenters. The van der Waals surface area contributed by atoms with Gasteiger partial charge in [0.05, 0.1) is 27.1 Å². The maximum Gasteiger partial charge on any atom is 0.498 e. The predicted molar refractivity (Wildman–Crippen MR) is 109 cm³/mol. The summed E-state index contributed by atoms with van der Waals surface area (Å²) < 4.78 is 16.8. The molecule has 0 bridgehead atoms. The third kappa shape index (κ3) is 4.40. The average Bonchev–Trinajstić information content (AvgIpc) is 3.13. The van der Waals surface area contributed by atoms with Crippen LogP contribution in [0.25, 0.3) is 0 Å². The van der Waals surface area contributed by atoms with Crippen LogP contribution in [0.2, 0.25) is 0 Å². The normalized spacial score (nSPS) is 18.0. The lowest BCUT2D eigenvalue weighted by atomic mass is 9.79. The standard InChI is InChI=1S/C12H21BN2O2.C6H9BrN2/c1-7-10-9(8-15(6)14-10)13-16-11(2,3)12(4,5)17-13;1-3-6-5(7)4-9(2)8-6/h8H,7H2,1-6H3;4H,3H2,1-2H3. The first kappa shape index (κ1) is 21.2. The third-order valence-corrected chi connectivity index (χ3v) is 5.63. The molecule has 3 rings (SSSR count). The van der Waals surface area contributed by atoms with Crippen molar-refractivity contribution in [3.05, 3.63) is 28.3 Å². The summed E-state index contributed by atoms with van der Waals surface area (Å²) in [5, 5.41) is 8.62. The van der Waals surface area contributed by atoms with Gasteiger partial charge >= 0.3 is 7.12 Å². The lowest BCUT2D eigenvalue weighted by molar-refractivity contribution is 0.00578. The minimum absolute atomic E-state index is 0.293. The fraction of sp³-hybridized carbons (Fsp3) is 0.667. The van der Waals surface area contributed by atoms with E-state index in [1.54, 1.807) is 0 Å². The van der Waals surface area contributed by atoms with Gasteiger partial charge in [-0.2, -0.15) is 10.2 Å². The van der Waals surface area contributed by atoms with E-state index in [9.17, 15) is 0 Å². The summed E-state index contributed by atoms with van der Waals surface area (Å²) in [5.41, 5.74) is 2.63. The summed E-state index contributed by atoms with van der Waals surface area (Å²) in [6.45, 7) is 12.4. The Kier molecular flexibility index (Phi) is 6.41. The van der Waals surface area contributed by atoms with Gasteiger partial charge in [-0.05, 0) is 56.5 Å². The van der Waals surface area contributed by atoms with E-state index < -0.39 is 0 Å². The van der Waals surface area contributed by atoms with Gasteiger partial charge in [0.25, 0.3) is 0 Å². The van der Waals surface area contributed by atoms with Crippen LogP contribution in [0.5, 0.6) is 0 Å². The quantitative estimate of drug-likeness (QED) is 0.710. The van der Waals surface area contributed by atoms with Gasteiger partial charge in [-0.1, -0.05) is 13.8 Å². The van der Waals surface area contributed by atoms with E-state index in [0.29, 0.717) is 0 Å². The summed E-state index contributed by atoms with van der Waals surface area (Å²) in [4.78, 5) is 0. The first-order valence-corrected chi connectivity index (χ1v) is 9.86. The highest BCUT2D eigenvalue weighted by atomic mass is 79.9. The Balaban J connectivity index is 0.000000228. The van der Waals surface area contributed by atoms with Crippen molar-refractivity contribution < 1.29 is 9.31 Å². The Morgan fingerprint density at radius 2 is 1.38 bits per heavy atom. The van der Waals surface area contributed by atoms with E-state index in [0.717, 1.165) is 34.2 Å². The van der Waals surface area contributed by atoms with Crippen LogP contribution in [0.15, 0.2) is 16.9 Å². The second-order valence-corrected chi connectivity index (χ2v) is 8.45. The Morgan fingerprint density at radius 1 is 0.923 bits per heavy atom. The molecule has 1 saturated heterocycles. The summed E-state index contributed by atoms with van der Waals surface area (Å²) in [5.74, 6) is 0. The van der Waals surface area contributed by atoms with Crippen molar-refractivity contribution in [2.24, 2.45) is 14.1 Å². The first-order valence-electron chi connectivity index (χ1n) is 9.06. The van der Waals surface area contributed by atoms with Crippen LogP contribution in [0, 0.1) is 0 Å². The number of aromatic nitrogens is 4. The first-order chi connectivity index (χ1) is 12.0. The fourth-order valence-electron chi connectivity index (χ4n) is 2.74. The molecule has 0 spiro atoms. The van der Waals surface area contributed by atoms with E-state index >= 15 is 0 Å². The fourth-order valence-corrected chi connectivity index (χ4v) is 3.40. The highest BCUT2D eigenvalue weighted by Crippen LogP contribution is 2.36. The van der Waals surface area contributed by atoms with Crippen molar-refractivity contribution in [3.63, 3.8) is 0 Å². The van der Waals surface area contributed by atoms with Gasteiger partial charge in [0.2, 0.25) is 0 Å². The highest BCUT2D eigenvalue weighted by Gasteiger charge is 2.52. The monoisotopic (exact) mass is 424 g/mol. The van der Waals surface area contributed by atoms with Gasteiger partial charge in [0.1, 0.15) is 0 Å². The van der Waals surface area contributed by atoms with Gasteiger partial charge in [-0.15, -0.1) is 0 Å². The minimum atomic E-state index is -0.302. The van der Waals surface area contributed by atoms with Crippen LogP contribution >= 0.6 is 15.9 Å². The molecule has 0 amide bonds. The maximum absolute atomic E-state index is 6.03. The van der Waals surface area contributed by atoms with Crippen LogP contribution in [0.3, 0.4) is 0 Å². The van der Waals surface area contributed by atoms with Gasteiger partial charge < -0.3 is 9.31 Å². The molecule has 0 atom stereocenters. The van der Waals surface area contributed by atoms with E-state index in [1.165, 1.54) is 0 Å². The molecule has 8 heteroatoms. The zero-order valence-electron chi connectivity index (χ0n) is 17.1. The number of hydrogen-bond acceptors (Lipinski definition) is 4. The molecule has 3 heterocycles. The van der Waals surface area contributed by atoms with Gasteiger partial charge in [-0.3, -0.25) is 9.36 Å². The Labute approximate surface area is 165 Å². The molecule has 1 aliphatic heterocycles. The molecule has 0 radical (unpaired) electrons. The molecular formula is C18H30BBrN4O2. The molecule has 2 aromatic rings. The van der Waals surface area contributed by atoms with Crippen molar-refractivity contribution in [2.45, 2.75) is 65.6 Å². The second-order valence-electron chi connectivity index (χ2n) is 7.60. The summed E-state index contributed by atoms with van der Waals surface area (Å²) in [7, 11) is 3.54. The number of rotatable bonds is 3. The van der Waals surface area contributed by atoms with Crippen LogP contribution in [0.1, 0.15) is 52.9 Å². The van der Waals surface area contributed by atoms with Crippen molar-refractivity contribution in [1.82, 2.24) is 19.6 Å². The Bertz CT molecular complexity index is 738. The summed E-state index contributed by atoms with van der Waals surface area (Å²) in [6, 6.07) is 0. The molecule has 26 heavy (non-hydrogen) atoms. The van der Waals surface area contributed by atoms with E-state index in [4.69, 9.17) is 9.31 Å². The number of aryl methyl sites for hydroxylation is 4. The molecule has 0 N–H and O–H groups in total. The topological polar surface area (TPSA) is 54.1 Å². The largest absolute Gasteiger partial charge is 0.498 e. The van der Waals surface area contributed by atoms with Crippen molar-refractivity contribution in [1.29, 1.82) is 0 Å². The van der Waals surface area contributed by atoms with Gasteiger partial charge in [-0.25, -0.2) is 0 Å². The third-order valence-electron chi connectivity index (χ3n) is 4.97. The van der Waals surface area contributed by atoms with E-state index in [2.05, 4.69) is 67.7 Å². The number of halogens is 1. The molecule has 144 valence electrons. The molecular weight excluding hydrogens is 395 g/mol. The van der Waals surface area contributed by atoms with Crippen molar-refractivity contribution >= 4 is 28.5 Å². The van der Waals surface area contributed by atoms with Crippen LogP contribution in [-0.2, 0) is 36.2 Å². The summed E-state index contributed by atoms with van der Waals surface area (Å²) in [6.07, 6.45) is 5.82. The van der Waals surface area contributed by atoms with Gasteiger partial charge in [0.15, 0.2) is 0 Å². The van der Waals surface area contributed by atoms with Gasteiger partial charge in [0, 0.05) is 32.0 Å². The lowest BCUT2D eigenvalue weighted by Crippen LogP contribution is -2.41. The highest BCUT2D eigenvalue weighted by molar-refractivity contribution is 9.10. The molecule has 0 aromatic carbocycles. The number of hydrogen-bond donors (Lipinski definition) is 0. The Morgan fingerprint density at radius 3 is 1.77 bits per heavy atom. The van der Waals surface area contributed by atoms with Crippen molar-refractivity contribution in [2.75, 3.05) is 0 Å². The molecule has 2 aromatic heterocycles. The molecule has 0 aliphatic carbocycles. The number of nitrogens with zero attached hydrogens (tertiary/aromatic N) is 4. The average molecular weight is 425 g/mol. The predicted octanol–water partition coefficient (Wildman–Crippen LogP) is 3.03. The van der Waals surface area contributed by atoms with Crippen molar-refractivity contribution in [3.8, 4) is 0 Å². The second kappa shape index (κ2) is 7.86. The smallest absolute Gasteiger partial charge is 0.399 e. The Hall–Kier alpha value is -1.12. The summed E-state index contributed by atoms with van der Waals surface area (Å²) >= 11 is 3.39. The van der Waals surface area contributed by atoms with Crippen LogP contribution in [0.4, 0.5) is 0 Å². The molecule has 0 saturated carbocycles.